The minimum atomic E-state index is -0.196. The summed E-state index contributed by atoms with van der Waals surface area (Å²) in [5.41, 5.74) is 0.973. The van der Waals surface area contributed by atoms with Gasteiger partial charge >= 0.3 is 0 Å². The molecule has 102 valence electrons. The molecule has 0 aromatic heterocycles. The second-order valence-electron chi connectivity index (χ2n) is 4.27. The van der Waals surface area contributed by atoms with Crippen molar-refractivity contribution in [1.29, 1.82) is 0 Å². The molecule has 1 atom stereocenters. The lowest BCUT2D eigenvalue weighted by Gasteiger charge is -2.18. The van der Waals surface area contributed by atoms with Gasteiger partial charge in [0, 0.05) is 17.1 Å². The van der Waals surface area contributed by atoms with Crippen LogP contribution in [0.3, 0.4) is 0 Å². The molecule has 0 aliphatic carbocycles. The Balaban J connectivity index is 2.60. The first-order valence-corrected chi connectivity index (χ1v) is 7.21. The highest BCUT2D eigenvalue weighted by molar-refractivity contribution is 9.10. The van der Waals surface area contributed by atoms with Crippen LogP contribution in [0.2, 0.25) is 0 Å². The van der Waals surface area contributed by atoms with Crippen LogP contribution in [0.25, 0.3) is 0 Å². The lowest BCUT2D eigenvalue weighted by atomic mass is 10.1. The van der Waals surface area contributed by atoms with E-state index in [1.165, 1.54) is 6.07 Å². The molecule has 1 aromatic carbocycles. The largest absolute Gasteiger partial charge is 0.380 e. The molecule has 0 aliphatic rings. The maximum absolute atomic E-state index is 13.2. The van der Waals surface area contributed by atoms with E-state index in [-0.39, 0.29) is 11.9 Å². The summed E-state index contributed by atoms with van der Waals surface area (Å²) in [6, 6.07) is 5.01. The van der Waals surface area contributed by atoms with Gasteiger partial charge < -0.3 is 10.1 Å². The second kappa shape index (κ2) is 8.62. The average molecular weight is 318 g/mol. The Hall–Kier alpha value is -0.450. The molecule has 18 heavy (non-hydrogen) atoms. The van der Waals surface area contributed by atoms with Crippen LogP contribution in [0, 0.1) is 5.82 Å². The van der Waals surface area contributed by atoms with Crippen molar-refractivity contribution in [3.8, 4) is 0 Å². The predicted octanol–water partition coefficient (Wildman–Crippen LogP) is 3.54. The summed E-state index contributed by atoms with van der Waals surface area (Å²) < 4.78 is 19.7. The van der Waals surface area contributed by atoms with Crippen LogP contribution in [0.4, 0.5) is 4.39 Å². The summed E-state index contributed by atoms with van der Waals surface area (Å²) in [6.45, 7) is 6.46. The summed E-state index contributed by atoms with van der Waals surface area (Å²) in [7, 11) is 0. The summed E-state index contributed by atoms with van der Waals surface area (Å²) in [6.07, 6.45) is 1.78. The van der Waals surface area contributed by atoms with E-state index in [1.54, 1.807) is 12.1 Å². The Morgan fingerprint density at radius 3 is 2.83 bits per heavy atom. The van der Waals surface area contributed by atoms with Crippen molar-refractivity contribution in [3.05, 3.63) is 34.1 Å². The third-order valence-corrected chi connectivity index (χ3v) is 3.41. The van der Waals surface area contributed by atoms with Crippen molar-refractivity contribution in [2.24, 2.45) is 0 Å². The molecular weight excluding hydrogens is 297 g/mol. The number of benzene rings is 1. The van der Waals surface area contributed by atoms with Gasteiger partial charge in [-0.25, -0.2) is 4.39 Å². The molecule has 1 unspecified atom stereocenters. The van der Waals surface area contributed by atoms with Gasteiger partial charge in [0.05, 0.1) is 6.61 Å². The predicted molar refractivity (Wildman–Crippen MR) is 76.4 cm³/mol. The molecule has 1 N–H and O–H groups in total. The molecule has 0 amide bonds. The normalized spacial score (nSPS) is 12.7. The molecule has 1 rings (SSSR count). The smallest absolute Gasteiger partial charge is 0.123 e. The highest BCUT2D eigenvalue weighted by Gasteiger charge is 2.11. The Morgan fingerprint density at radius 2 is 2.17 bits per heavy atom. The van der Waals surface area contributed by atoms with Crippen molar-refractivity contribution in [2.75, 3.05) is 19.8 Å². The molecule has 1 aromatic rings. The zero-order valence-electron chi connectivity index (χ0n) is 11.0. The molecule has 0 heterocycles. The molecule has 0 saturated heterocycles. The topological polar surface area (TPSA) is 21.3 Å². The Bertz CT molecular complexity index is 360. The number of likely N-dealkylation sites (N-methyl/N-ethyl adjacent to an activating group) is 1. The summed E-state index contributed by atoms with van der Waals surface area (Å²) >= 11 is 3.46. The van der Waals surface area contributed by atoms with Gasteiger partial charge in [0.2, 0.25) is 0 Å². The van der Waals surface area contributed by atoms with Crippen LogP contribution in [0.1, 0.15) is 25.8 Å². The maximum Gasteiger partial charge on any atom is 0.123 e. The molecule has 0 radical (unpaired) electrons. The van der Waals surface area contributed by atoms with E-state index < -0.39 is 0 Å². The molecular formula is C14H21BrFNO. The lowest BCUT2D eigenvalue weighted by molar-refractivity contribution is 0.112. The van der Waals surface area contributed by atoms with Crippen LogP contribution in [-0.2, 0) is 11.2 Å². The molecule has 0 saturated carbocycles. The van der Waals surface area contributed by atoms with Crippen molar-refractivity contribution in [3.63, 3.8) is 0 Å². The van der Waals surface area contributed by atoms with Crippen LogP contribution in [0.5, 0.6) is 0 Å². The first-order valence-electron chi connectivity index (χ1n) is 6.42. The molecule has 2 nitrogen and oxygen atoms in total. The zero-order chi connectivity index (χ0) is 13.4. The fourth-order valence-electron chi connectivity index (χ4n) is 1.81. The number of rotatable bonds is 8. The van der Waals surface area contributed by atoms with Gasteiger partial charge in [-0.2, -0.15) is 0 Å². The molecule has 0 aliphatic heterocycles. The number of nitrogens with one attached hydrogen (secondary N) is 1. The van der Waals surface area contributed by atoms with Crippen LogP contribution in [-0.4, -0.2) is 25.8 Å². The Labute approximate surface area is 117 Å². The van der Waals surface area contributed by atoms with E-state index in [0.717, 1.165) is 36.0 Å². The van der Waals surface area contributed by atoms with Crippen LogP contribution < -0.4 is 5.32 Å². The molecule has 0 spiro atoms. The van der Waals surface area contributed by atoms with Gasteiger partial charge in [-0.05, 0) is 43.1 Å². The molecule has 0 fully saturated rings. The second-order valence-corrected chi connectivity index (χ2v) is 5.12. The van der Waals surface area contributed by atoms with Crippen LogP contribution in [0.15, 0.2) is 22.7 Å². The van der Waals surface area contributed by atoms with Crippen molar-refractivity contribution >= 4 is 15.9 Å². The first-order chi connectivity index (χ1) is 8.67. The maximum atomic E-state index is 13.2. The van der Waals surface area contributed by atoms with Gasteiger partial charge in [-0.3, -0.25) is 0 Å². The summed E-state index contributed by atoms with van der Waals surface area (Å²) in [5, 5.41) is 3.37. The molecule has 4 heteroatoms. The van der Waals surface area contributed by atoms with Crippen molar-refractivity contribution in [1.82, 2.24) is 5.32 Å². The quantitative estimate of drug-likeness (QED) is 0.740. The van der Waals surface area contributed by atoms with E-state index in [1.807, 2.05) is 0 Å². The van der Waals surface area contributed by atoms with Gasteiger partial charge in [0.15, 0.2) is 0 Å². The third-order valence-electron chi connectivity index (χ3n) is 2.63. The fraction of sp³-hybridized carbons (Fsp3) is 0.571. The highest BCUT2D eigenvalue weighted by atomic mass is 79.9. The first kappa shape index (κ1) is 15.6. The van der Waals surface area contributed by atoms with Gasteiger partial charge in [-0.15, -0.1) is 0 Å². The number of hydrogen-bond donors (Lipinski definition) is 1. The van der Waals surface area contributed by atoms with E-state index in [0.29, 0.717) is 6.61 Å². The minimum Gasteiger partial charge on any atom is -0.380 e. The van der Waals surface area contributed by atoms with Gasteiger partial charge in [-0.1, -0.05) is 29.8 Å². The van der Waals surface area contributed by atoms with Gasteiger partial charge in [0.1, 0.15) is 5.82 Å². The number of halogens is 2. The zero-order valence-corrected chi connectivity index (χ0v) is 12.6. The Kier molecular flexibility index (Phi) is 7.47. The van der Waals surface area contributed by atoms with Crippen molar-refractivity contribution < 1.29 is 9.13 Å². The van der Waals surface area contributed by atoms with E-state index in [2.05, 4.69) is 35.1 Å². The van der Waals surface area contributed by atoms with E-state index in [4.69, 9.17) is 4.74 Å². The fourth-order valence-corrected chi connectivity index (χ4v) is 2.22. The lowest BCUT2D eigenvalue weighted by Crippen LogP contribution is -2.35. The highest BCUT2D eigenvalue weighted by Crippen LogP contribution is 2.19. The van der Waals surface area contributed by atoms with E-state index >= 15 is 0 Å². The number of hydrogen-bond acceptors (Lipinski definition) is 2. The monoisotopic (exact) mass is 317 g/mol. The van der Waals surface area contributed by atoms with Crippen LogP contribution >= 0.6 is 15.9 Å². The average Bonchev–Trinajstić information content (AvgIpc) is 2.34. The molecule has 0 bridgehead atoms. The van der Waals surface area contributed by atoms with E-state index in [9.17, 15) is 4.39 Å². The SMILES string of the molecule is CCCOCC(Cc1cc(F)ccc1Br)NCC. The standard InChI is InChI=1S/C14H21BrFNO/c1-3-7-18-10-13(17-4-2)9-11-8-12(16)5-6-14(11)15/h5-6,8,13,17H,3-4,7,9-10H2,1-2H3. The summed E-state index contributed by atoms with van der Waals surface area (Å²) in [4.78, 5) is 0. The third kappa shape index (κ3) is 5.46. The van der Waals surface area contributed by atoms with Crippen molar-refractivity contribution in [2.45, 2.75) is 32.7 Å². The minimum absolute atomic E-state index is 0.196. The Morgan fingerprint density at radius 1 is 1.39 bits per heavy atom. The number of ether oxygens (including phenoxy) is 1. The van der Waals surface area contributed by atoms with Gasteiger partial charge in [0.25, 0.3) is 0 Å². The summed E-state index contributed by atoms with van der Waals surface area (Å²) in [5.74, 6) is -0.196.